The molecular weight excluding hydrogens is 922 g/mol. The summed E-state index contributed by atoms with van der Waals surface area (Å²) >= 11 is -5.12. The van der Waals surface area contributed by atoms with E-state index < -0.39 is 101 Å². The number of sulfone groups is 1. The van der Waals surface area contributed by atoms with Crippen molar-refractivity contribution in [3.05, 3.63) is 71.5 Å². The van der Waals surface area contributed by atoms with Gasteiger partial charge in [0.25, 0.3) is 10.1 Å². The molecule has 294 valence electrons. The molecule has 26 heteroatoms. The van der Waals surface area contributed by atoms with Crippen LogP contribution in [0.25, 0.3) is 0 Å². The standard InChI is InChI=1S/C30H38N2O15S6.2K.Na/c1-29(2)23-18-21(47-49(35)20-53(44,45)46)8-10-25(23)31(12-15-51(38,39)40)27(29)6-5-7-28-30(3,4)24-19-22(50(36,37)17-14-48(33)34)9-11-26(24)32(28)13-16-52(41,42)43;;;/h5-11,18-19H,12-17,20H2,1-4H3,(H3-,33,34,38,39,40,41,42,43,44,45,46);;;/q;3*+1/p-2. The Kier molecular flexibility index (Phi) is 21.0. The van der Waals surface area contributed by atoms with E-state index in [2.05, 4.69) is 0 Å². The van der Waals surface area contributed by atoms with E-state index in [0.29, 0.717) is 33.9 Å². The minimum atomic E-state index is -4.87. The second-order valence-electron chi connectivity index (χ2n) is 13.1. The molecule has 2 unspecified atom stereocenters. The summed E-state index contributed by atoms with van der Waals surface area (Å²) in [5, 5.41) is -1.29. The van der Waals surface area contributed by atoms with Gasteiger partial charge in [-0.25, -0.2) is 29.5 Å². The van der Waals surface area contributed by atoms with Crippen LogP contribution in [0.5, 0.6) is 5.75 Å². The van der Waals surface area contributed by atoms with Gasteiger partial charge in [0.1, 0.15) is 21.6 Å². The van der Waals surface area contributed by atoms with Crippen molar-refractivity contribution in [2.24, 2.45) is 0 Å². The second-order valence-corrected chi connectivity index (χ2v) is 22.2. The Labute approximate surface area is 439 Å². The fourth-order valence-electron chi connectivity index (χ4n) is 6.22. The molecule has 0 saturated heterocycles. The van der Waals surface area contributed by atoms with Crippen molar-refractivity contribution in [1.29, 1.82) is 0 Å². The molecule has 0 fully saturated rings. The van der Waals surface area contributed by atoms with Crippen molar-refractivity contribution < 1.29 is 201 Å². The average molecular weight is 958 g/mol. The van der Waals surface area contributed by atoms with Crippen LogP contribution in [0.15, 0.2) is 65.2 Å². The molecule has 2 aliphatic rings. The van der Waals surface area contributed by atoms with E-state index in [1.54, 1.807) is 55.4 Å². The molecule has 17 nitrogen and oxygen atoms in total. The summed E-state index contributed by atoms with van der Waals surface area (Å²) in [5.41, 5.74) is 0.840. The van der Waals surface area contributed by atoms with Crippen molar-refractivity contribution >= 4 is 79.4 Å². The number of rotatable bonds is 16. The fraction of sp³-hybridized carbons (Fsp3) is 0.433. The average Bonchev–Trinajstić information content (AvgIpc) is 3.34. The maximum Gasteiger partial charge on any atom is 1.00 e. The smallest absolute Gasteiger partial charge is 0.772 e. The zero-order chi connectivity index (χ0) is 39.9. The predicted molar refractivity (Wildman–Crippen MR) is 193 cm³/mol. The minimum Gasteiger partial charge on any atom is -0.772 e. The van der Waals surface area contributed by atoms with Crippen LogP contribution < -0.4 is 141 Å². The van der Waals surface area contributed by atoms with Gasteiger partial charge in [-0.2, -0.15) is 13.0 Å². The topological polar surface area (TPSA) is 276 Å². The van der Waals surface area contributed by atoms with Gasteiger partial charge in [0.2, 0.25) is 16.8 Å². The molecule has 0 amide bonds. The fourth-order valence-corrected chi connectivity index (χ4v) is 10.7. The van der Waals surface area contributed by atoms with Crippen molar-refractivity contribution in [1.82, 2.24) is 0 Å². The first-order chi connectivity index (χ1) is 24.1. The number of nitrogens with zero attached hydrogens (tertiary/aromatic N) is 2. The number of allylic oxidation sites excluding steroid dienone is 4. The molecular formula is C30H36K2N2NaO15S6+. The first-order valence-corrected chi connectivity index (χ1v) is 24.3. The summed E-state index contributed by atoms with van der Waals surface area (Å²) in [5.74, 6) is -2.80. The summed E-state index contributed by atoms with van der Waals surface area (Å²) in [6.07, 6.45) is 4.82. The van der Waals surface area contributed by atoms with E-state index in [-0.39, 0.29) is 156 Å². The number of anilines is 1. The Morgan fingerprint density at radius 1 is 0.857 bits per heavy atom. The first kappa shape index (κ1) is 55.4. The van der Waals surface area contributed by atoms with E-state index >= 15 is 0 Å². The van der Waals surface area contributed by atoms with E-state index in [9.17, 15) is 60.3 Å². The van der Waals surface area contributed by atoms with Gasteiger partial charge < -0.3 is 22.7 Å². The van der Waals surface area contributed by atoms with E-state index in [1.807, 2.05) is 0 Å². The quantitative estimate of drug-likeness (QED) is 0.0708. The number of hydrogen-bond donors (Lipinski definition) is 1. The zero-order valence-electron chi connectivity index (χ0n) is 31.7. The molecule has 0 aromatic heterocycles. The molecule has 4 rings (SSSR count). The van der Waals surface area contributed by atoms with E-state index in [4.69, 9.17) is 4.18 Å². The molecule has 2 aromatic rings. The van der Waals surface area contributed by atoms with Gasteiger partial charge in [-0.3, -0.25) is 8.76 Å². The van der Waals surface area contributed by atoms with Crippen molar-refractivity contribution in [2.45, 2.75) is 43.4 Å². The Bertz CT molecular complexity index is 2420. The first-order valence-electron chi connectivity index (χ1n) is 15.4. The summed E-state index contributed by atoms with van der Waals surface area (Å²) in [4.78, 5) is 1.40. The van der Waals surface area contributed by atoms with Gasteiger partial charge in [-0.05, 0) is 55.8 Å². The third-order valence-corrected chi connectivity index (χ3v) is 14.9. The molecule has 2 aliphatic heterocycles. The van der Waals surface area contributed by atoms with Gasteiger partial charge in [0.15, 0.2) is 27.2 Å². The summed E-state index contributed by atoms with van der Waals surface area (Å²) < 4.78 is 168. The number of benzene rings is 2. The van der Waals surface area contributed by atoms with Crippen LogP contribution in [0.1, 0.15) is 38.8 Å². The third kappa shape index (κ3) is 14.5. The maximum atomic E-state index is 13.0. The minimum absolute atomic E-state index is 0. The Balaban J connectivity index is 0.00000523. The maximum absolute atomic E-state index is 13.0. The van der Waals surface area contributed by atoms with Crippen LogP contribution in [-0.2, 0) is 73.2 Å². The Morgan fingerprint density at radius 3 is 2.04 bits per heavy atom. The van der Waals surface area contributed by atoms with Crippen LogP contribution >= 0.6 is 0 Å². The van der Waals surface area contributed by atoms with Crippen molar-refractivity contribution in [3.63, 3.8) is 0 Å². The monoisotopic (exact) mass is 957 g/mol. The molecule has 2 atom stereocenters. The van der Waals surface area contributed by atoms with Gasteiger partial charge in [-0.15, -0.1) is 0 Å². The molecule has 0 bridgehead atoms. The summed E-state index contributed by atoms with van der Waals surface area (Å²) in [7, 11) is -18.0. The molecule has 0 saturated carbocycles. The van der Waals surface area contributed by atoms with Crippen LogP contribution in [0.4, 0.5) is 11.4 Å². The van der Waals surface area contributed by atoms with E-state index in [0.717, 1.165) is 0 Å². The van der Waals surface area contributed by atoms with Gasteiger partial charge in [0.05, 0.1) is 31.9 Å². The normalized spacial score (nSPS) is 18.1. The molecule has 0 spiro atoms. The predicted octanol–water partition coefficient (Wildman–Crippen LogP) is -8.06. The van der Waals surface area contributed by atoms with Crippen LogP contribution in [0.3, 0.4) is 0 Å². The Hall–Kier alpha value is 1.40. The summed E-state index contributed by atoms with van der Waals surface area (Å²) in [6.45, 7) is 6.48. The van der Waals surface area contributed by atoms with Crippen molar-refractivity contribution in [3.8, 4) is 5.75 Å². The SMILES string of the molecule is CC1(C)C(/C=C\C=C2/N(CCS(=O)(=O)[O-])c3ccc(S(=O)(=O)CCS(=O)[O-])cc3C2(C)C)=[N+](CCS(=O)(=O)O)c2ccc(OS(=O)CS(=O)(=O)[O-])cc21.[K+].[K+].[Na+]. The molecule has 2 heterocycles. The molecule has 0 aliphatic carbocycles. The van der Waals surface area contributed by atoms with Gasteiger partial charge >= 0.3 is 132 Å². The van der Waals surface area contributed by atoms with Crippen molar-refractivity contribution in [2.75, 3.05) is 46.1 Å². The summed E-state index contributed by atoms with van der Waals surface area (Å²) in [6, 6.07) is 8.39. The van der Waals surface area contributed by atoms with E-state index in [1.165, 1.54) is 36.4 Å². The zero-order valence-corrected chi connectivity index (χ0v) is 44.8. The van der Waals surface area contributed by atoms with Crippen LogP contribution in [-0.4, -0.2) is 112 Å². The largest absolute Gasteiger partial charge is 1.00 e. The van der Waals surface area contributed by atoms with Gasteiger partial charge in [-0.1, -0.05) is 31.0 Å². The Morgan fingerprint density at radius 2 is 1.48 bits per heavy atom. The third-order valence-electron chi connectivity index (χ3n) is 8.68. The number of fused-ring (bicyclic) bond motifs is 2. The van der Waals surface area contributed by atoms with Crippen LogP contribution in [0.2, 0.25) is 0 Å². The van der Waals surface area contributed by atoms with Crippen LogP contribution in [0, 0.1) is 0 Å². The molecule has 0 radical (unpaired) electrons. The second kappa shape index (κ2) is 21.2. The molecule has 1 N–H and O–H groups in total. The van der Waals surface area contributed by atoms with Gasteiger partial charge in [0, 0.05) is 46.8 Å². The molecule has 2 aromatic carbocycles. The molecule has 56 heavy (non-hydrogen) atoms. The number of hydrogen-bond acceptors (Lipinski definition) is 15.